The molecule has 1 aromatic heterocycles. The van der Waals surface area contributed by atoms with Crippen molar-refractivity contribution in [3.05, 3.63) is 24.4 Å². The van der Waals surface area contributed by atoms with Crippen LogP contribution in [0.3, 0.4) is 0 Å². The fraction of sp³-hybridized carbons (Fsp3) is 0.333. The number of aromatic nitrogens is 1. The molecule has 1 saturated carbocycles. The maximum absolute atomic E-state index is 12.1. The summed E-state index contributed by atoms with van der Waals surface area (Å²) in [4.78, 5) is 30.0. The van der Waals surface area contributed by atoms with Crippen molar-refractivity contribution in [2.24, 2.45) is 11.8 Å². The minimum atomic E-state index is -0.249. The molecular weight excluding hydrogens is 318 g/mol. The second-order valence-electron chi connectivity index (χ2n) is 6.54. The maximum atomic E-state index is 12.1. The van der Waals surface area contributed by atoms with Crippen molar-refractivity contribution in [1.29, 1.82) is 5.26 Å². The van der Waals surface area contributed by atoms with E-state index in [-0.39, 0.29) is 23.7 Å². The summed E-state index contributed by atoms with van der Waals surface area (Å²) in [5, 5.41) is 13.2. The normalized spacial score (nSPS) is 22.0. The van der Waals surface area contributed by atoms with Crippen molar-refractivity contribution in [2.75, 3.05) is 22.5 Å². The zero-order chi connectivity index (χ0) is 17.6. The Hall–Kier alpha value is -3.14. The first-order chi connectivity index (χ1) is 12.1. The largest absolute Gasteiger partial charge is 0.398 e. The van der Waals surface area contributed by atoms with Crippen LogP contribution in [-0.2, 0) is 9.59 Å². The van der Waals surface area contributed by atoms with Gasteiger partial charge in [-0.15, -0.1) is 0 Å². The standard InChI is InChI=1S/C18H17N5O2/c19-8-11-5-13(11)18(25)22-16-6-10-4-12(23-3-1-2-17(23)24)7-15(20)14(10)9-21-16/h4,6-7,9,11,13H,1-3,5,20H2,(H,21,22,25)/t11-,13+/m1/s1. The molecule has 1 aliphatic heterocycles. The van der Waals surface area contributed by atoms with Crippen molar-refractivity contribution < 1.29 is 9.59 Å². The molecule has 2 aromatic rings. The lowest BCUT2D eigenvalue weighted by atomic mass is 10.1. The summed E-state index contributed by atoms with van der Waals surface area (Å²) in [6, 6.07) is 7.52. The molecule has 2 amide bonds. The molecule has 7 heteroatoms. The molecule has 0 spiro atoms. The highest BCUT2D eigenvalue weighted by Gasteiger charge is 2.43. The van der Waals surface area contributed by atoms with Gasteiger partial charge in [0, 0.05) is 35.9 Å². The van der Waals surface area contributed by atoms with Crippen LogP contribution in [0.2, 0.25) is 0 Å². The van der Waals surface area contributed by atoms with E-state index in [1.54, 1.807) is 23.2 Å². The average Bonchev–Trinajstić information content (AvgIpc) is 3.27. The molecule has 2 heterocycles. The number of nitriles is 1. The van der Waals surface area contributed by atoms with Crippen LogP contribution >= 0.6 is 0 Å². The summed E-state index contributed by atoms with van der Waals surface area (Å²) >= 11 is 0. The number of pyridine rings is 1. The Labute approximate surface area is 144 Å². The van der Waals surface area contributed by atoms with Crippen LogP contribution in [0.1, 0.15) is 19.3 Å². The Morgan fingerprint density at radius 3 is 2.92 bits per heavy atom. The van der Waals surface area contributed by atoms with E-state index in [4.69, 9.17) is 11.0 Å². The molecule has 3 N–H and O–H groups in total. The molecule has 2 fully saturated rings. The van der Waals surface area contributed by atoms with E-state index in [1.165, 1.54) is 0 Å². The van der Waals surface area contributed by atoms with Gasteiger partial charge in [-0.25, -0.2) is 4.98 Å². The second kappa shape index (κ2) is 5.74. The molecule has 0 unspecified atom stereocenters. The molecule has 0 bridgehead atoms. The topological polar surface area (TPSA) is 112 Å². The van der Waals surface area contributed by atoms with E-state index < -0.39 is 0 Å². The molecule has 25 heavy (non-hydrogen) atoms. The lowest BCUT2D eigenvalue weighted by Gasteiger charge is -2.17. The van der Waals surface area contributed by atoms with Crippen LogP contribution in [0.15, 0.2) is 24.4 Å². The predicted molar refractivity (Wildman–Crippen MR) is 93.6 cm³/mol. The fourth-order valence-corrected chi connectivity index (χ4v) is 3.26. The van der Waals surface area contributed by atoms with Crippen LogP contribution in [0, 0.1) is 23.2 Å². The van der Waals surface area contributed by atoms with Gasteiger partial charge in [0.25, 0.3) is 0 Å². The van der Waals surface area contributed by atoms with Crippen molar-refractivity contribution >= 4 is 39.8 Å². The van der Waals surface area contributed by atoms with Gasteiger partial charge in [0.15, 0.2) is 0 Å². The highest BCUT2D eigenvalue weighted by atomic mass is 16.2. The molecular formula is C18H17N5O2. The van der Waals surface area contributed by atoms with Crippen molar-refractivity contribution in [1.82, 2.24) is 4.98 Å². The Morgan fingerprint density at radius 1 is 1.40 bits per heavy atom. The number of amides is 2. The van der Waals surface area contributed by atoms with Crippen molar-refractivity contribution in [3.63, 3.8) is 0 Å². The van der Waals surface area contributed by atoms with Gasteiger partial charge in [-0.1, -0.05) is 0 Å². The van der Waals surface area contributed by atoms with Crippen LogP contribution in [-0.4, -0.2) is 23.3 Å². The third kappa shape index (κ3) is 2.76. The third-order valence-electron chi connectivity index (χ3n) is 4.78. The number of carbonyl (C=O) groups is 2. The quantitative estimate of drug-likeness (QED) is 0.834. The lowest BCUT2D eigenvalue weighted by Crippen LogP contribution is -2.23. The smallest absolute Gasteiger partial charge is 0.230 e. The highest BCUT2D eigenvalue weighted by Crippen LogP contribution is 2.38. The summed E-state index contributed by atoms with van der Waals surface area (Å²) in [7, 11) is 0. The van der Waals surface area contributed by atoms with Gasteiger partial charge in [-0.2, -0.15) is 5.26 Å². The fourth-order valence-electron chi connectivity index (χ4n) is 3.26. The molecule has 126 valence electrons. The van der Waals surface area contributed by atoms with Crippen LogP contribution < -0.4 is 16.0 Å². The van der Waals surface area contributed by atoms with Gasteiger partial charge in [0.1, 0.15) is 5.82 Å². The summed E-state index contributed by atoms with van der Waals surface area (Å²) in [5.41, 5.74) is 7.43. The molecule has 1 aromatic carbocycles. The molecule has 2 atom stereocenters. The summed E-state index contributed by atoms with van der Waals surface area (Å²) in [5.74, 6) is -0.106. The van der Waals surface area contributed by atoms with Gasteiger partial charge in [-0.3, -0.25) is 9.59 Å². The summed E-state index contributed by atoms with van der Waals surface area (Å²) < 4.78 is 0. The van der Waals surface area contributed by atoms with Gasteiger partial charge >= 0.3 is 0 Å². The van der Waals surface area contributed by atoms with Gasteiger partial charge in [0.2, 0.25) is 11.8 Å². The average molecular weight is 335 g/mol. The molecule has 7 nitrogen and oxygen atoms in total. The Morgan fingerprint density at radius 2 is 2.24 bits per heavy atom. The number of nitrogens with two attached hydrogens (primary N) is 1. The Kier molecular flexibility index (Phi) is 3.53. The van der Waals surface area contributed by atoms with E-state index >= 15 is 0 Å². The second-order valence-corrected chi connectivity index (χ2v) is 6.54. The number of nitrogens with one attached hydrogen (secondary N) is 1. The predicted octanol–water partition coefficient (Wildman–Crippen LogP) is 2.04. The highest BCUT2D eigenvalue weighted by molar-refractivity contribution is 6.03. The summed E-state index contributed by atoms with van der Waals surface area (Å²) in [6.07, 6.45) is 3.61. The Balaban J connectivity index is 1.64. The van der Waals surface area contributed by atoms with Crippen LogP contribution in [0.4, 0.5) is 17.2 Å². The third-order valence-corrected chi connectivity index (χ3v) is 4.78. The SMILES string of the molecule is N#C[C@H]1C[C@@H]1C(=O)Nc1cc2cc(N3CCCC3=O)cc(N)c2cn1. The van der Waals surface area contributed by atoms with E-state index in [0.29, 0.717) is 30.9 Å². The monoisotopic (exact) mass is 335 g/mol. The van der Waals surface area contributed by atoms with E-state index in [2.05, 4.69) is 16.4 Å². The number of nitrogen functional groups attached to an aromatic ring is 1. The Bertz CT molecular complexity index is 933. The molecule has 2 aliphatic rings. The summed E-state index contributed by atoms with van der Waals surface area (Å²) in [6.45, 7) is 0.690. The van der Waals surface area contributed by atoms with Crippen LogP contribution in [0.25, 0.3) is 10.8 Å². The molecule has 1 aliphatic carbocycles. The number of nitrogens with zero attached hydrogens (tertiary/aromatic N) is 3. The maximum Gasteiger partial charge on any atom is 0.230 e. The molecule has 4 rings (SSSR count). The first kappa shape index (κ1) is 15.4. The molecule has 1 saturated heterocycles. The number of anilines is 3. The zero-order valence-corrected chi connectivity index (χ0v) is 13.5. The first-order valence-electron chi connectivity index (χ1n) is 8.27. The van der Waals surface area contributed by atoms with Crippen molar-refractivity contribution in [2.45, 2.75) is 19.3 Å². The van der Waals surface area contributed by atoms with Gasteiger partial charge in [0.05, 0.1) is 17.9 Å². The first-order valence-corrected chi connectivity index (χ1v) is 8.27. The van der Waals surface area contributed by atoms with E-state index in [1.807, 2.05) is 6.07 Å². The zero-order valence-electron chi connectivity index (χ0n) is 13.5. The van der Waals surface area contributed by atoms with E-state index in [0.717, 1.165) is 22.9 Å². The van der Waals surface area contributed by atoms with E-state index in [9.17, 15) is 9.59 Å². The minimum Gasteiger partial charge on any atom is -0.398 e. The number of hydrogen-bond donors (Lipinski definition) is 2. The number of fused-ring (bicyclic) bond motifs is 1. The van der Waals surface area contributed by atoms with Gasteiger partial charge in [-0.05, 0) is 36.4 Å². The number of hydrogen-bond acceptors (Lipinski definition) is 5. The number of carbonyl (C=O) groups excluding carboxylic acids is 2. The molecule has 0 radical (unpaired) electrons. The minimum absolute atomic E-state index is 0.0950. The number of benzene rings is 1. The number of rotatable bonds is 3. The van der Waals surface area contributed by atoms with Crippen molar-refractivity contribution in [3.8, 4) is 6.07 Å². The van der Waals surface area contributed by atoms with Gasteiger partial charge < -0.3 is 16.0 Å². The lowest BCUT2D eigenvalue weighted by molar-refractivity contribution is -0.118. The van der Waals surface area contributed by atoms with Crippen LogP contribution in [0.5, 0.6) is 0 Å².